The number of nitrogens with one attached hydrogen (secondary N) is 1. The molecule has 0 radical (unpaired) electrons. The molecule has 0 aromatic heterocycles. The van der Waals surface area contributed by atoms with E-state index in [1.54, 1.807) is 0 Å². The van der Waals surface area contributed by atoms with Crippen LogP contribution in [0.1, 0.15) is 25.7 Å². The predicted molar refractivity (Wildman–Crippen MR) is 96.7 cm³/mol. The molecule has 1 N–H and O–H groups in total. The molecule has 1 saturated heterocycles. The van der Waals surface area contributed by atoms with Crippen LogP contribution in [0.4, 0.5) is 0 Å². The molecule has 0 amide bonds. The van der Waals surface area contributed by atoms with Crippen LogP contribution in [0.3, 0.4) is 0 Å². The lowest BCUT2D eigenvalue weighted by Gasteiger charge is -2.30. The highest BCUT2D eigenvalue weighted by Gasteiger charge is 2.29. The molecule has 1 aromatic carbocycles. The van der Waals surface area contributed by atoms with Crippen molar-refractivity contribution in [2.24, 2.45) is 0 Å². The Bertz CT molecular complexity index is 740. The standard InChI is InChI=1S/C18H25NO7S/c20-27(21,11-16-10-22-7-8-23-16)19-13-1-3-14(4-2-13)26-15-5-6-17-18(9-15)25-12-24-17/h5-6,9,13-14,16,19H,1-4,7-8,10-12H2. The van der Waals surface area contributed by atoms with Crippen molar-refractivity contribution in [2.45, 2.75) is 43.9 Å². The Kier molecular flexibility index (Phi) is 5.72. The molecule has 0 spiro atoms. The minimum absolute atomic E-state index is 0.0549. The highest BCUT2D eigenvalue weighted by molar-refractivity contribution is 7.89. The quantitative estimate of drug-likeness (QED) is 0.774. The van der Waals surface area contributed by atoms with E-state index in [1.807, 2.05) is 18.2 Å². The molecular formula is C18H25NO7S. The van der Waals surface area contributed by atoms with Gasteiger partial charge in [-0.05, 0) is 37.8 Å². The van der Waals surface area contributed by atoms with E-state index >= 15 is 0 Å². The van der Waals surface area contributed by atoms with E-state index in [4.69, 9.17) is 23.7 Å². The Morgan fingerprint density at radius 1 is 1.07 bits per heavy atom. The summed E-state index contributed by atoms with van der Waals surface area (Å²) in [6, 6.07) is 5.49. The van der Waals surface area contributed by atoms with E-state index in [9.17, 15) is 8.42 Å². The second-order valence-electron chi connectivity index (χ2n) is 7.07. The predicted octanol–water partition coefficient (Wildman–Crippen LogP) is 1.44. The smallest absolute Gasteiger partial charge is 0.231 e. The molecule has 2 aliphatic heterocycles. The number of hydrogen-bond donors (Lipinski definition) is 1. The van der Waals surface area contributed by atoms with Gasteiger partial charge in [-0.1, -0.05) is 0 Å². The highest BCUT2D eigenvalue weighted by atomic mass is 32.2. The van der Waals surface area contributed by atoms with E-state index in [-0.39, 0.29) is 30.8 Å². The van der Waals surface area contributed by atoms with Crippen molar-refractivity contribution in [1.82, 2.24) is 4.72 Å². The second kappa shape index (κ2) is 8.22. The van der Waals surface area contributed by atoms with Gasteiger partial charge in [-0.15, -0.1) is 0 Å². The molecule has 27 heavy (non-hydrogen) atoms. The summed E-state index contributed by atoms with van der Waals surface area (Å²) in [5.41, 5.74) is 0. The van der Waals surface area contributed by atoms with Crippen LogP contribution in [0.25, 0.3) is 0 Å². The van der Waals surface area contributed by atoms with Crippen molar-refractivity contribution in [3.63, 3.8) is 0 Å². The molecule has 9 heteroatoms. The lowest BCUT2D eigenvalue weighted by Crippen LogP contribution is -2.44. The highest BCUT2D eigenvalue weighted by Crippen LogP contribution is 2.36. The molecule has 8 nitrogen and oxygen atoms in total. The average Bonchev–Trinajstić information content (AvgIpc) is 3.11. The summed E-state index contributed by atoms with van der Waals surface area (Å²) in [6.07, 6.45) is 2.77. The Balaban J connectivity index is 1.24. The number of sulfonamides is 1. The van der Waals surface area contributed by atoms with Crippen molar-refractivity contribution in [1.29, 1.82) is 0 Å². The maximum atomic E-state index is 12.3. The third kappa shape index (κ3) is 5.04. The van der Waals surface area contributed by atoms with E-state index in [0.29, 0.717) is 25.6 Å². The minimum Gasteiger partial charge on any atom is -0.490 e. The van der Waals surface area contributed by atoms with Crippen molar-refractivity contribution < 1.29 is 32.1 Å². The number of benzene rings is 1. The maximum Gasteiger partial charge on any atom is 0.231 e. The summed E-state index contributed by atoms with van der Waals surface area (Å²) < 4.78 is 54.9. The molecular weight excluding hydrogens is 374 g/mol. The summed E-state index contributed by atoms with van der Waals surface area (Å²) in [6.45, 7) is 1.54. The van der Waals surface area contributed by atoms with E-state index in [1.165, 1.54) is 0 Å². The zero-order valence-electron chi connectivity index (χ0n) is 15.1. The van der Waals surface area contributed by atoms with Gasteiger partial charge in [-0.2, -0.15) is 0 Å². The van der Waals surface area contributed by atoms with Crippen molar-refractivity contribution >= 4 is 10.0 Å². The number of hydrogen-bond acceptors (Lipinski definition) is 7. The van der Waals surface area contributed by atoms with Gasteiger partial charge in [-0.25, -0.2) is 13.1 Å². The molecule has 1 unspecified atom stereocenters. The fourth-order valence-corrected chi connectivity index (χ4v) is 5.14. The summed E-state index contributed by atoms with van der Waals surface area (Å²) in [4.78, 5) is 0. The minimum atomic E-state index is -3.39. The van der Waals surface area contributed by atoms with Gasteiger partial charge in [-0.3, -0.25) is 0 Å². The molecule has 1 aliphatic carbocycles. The van der Waals surface area contributed by atoms with Crippen molar-refractivity contribution in [3.05, 3.63) is 18.2 Å². The molecule has 3 aliphatic rings. The van der Waals surface area contributed by atoms with Crippen LogP contribution in [0.2, 0.25) is 0 Å². The monoisotopic (exact) mass is 399 g/mol. The van der Waals surface area contributed by atoms with Crippen LogP contribution in [0.5, 0.6) is 17.2 Å². The van der Waals surface area contributed by atoms with Gasteiger partial charge in [0.1, 0.15) is 5.75 Å². The second-order valence-corrected chi connectivity index (χ2v) is 8.87. The summed E-state index contributed by atoms with van der Waals surface area (Å²) in [7, 11) is -3.39. The van der Waals surface area contributed by atoms with Gasteiger partial charge >= 0.3 is 0 Å². The van der Waals surface area contributed by atoms with E-state index < -0.39 is 10.0 Å². The SMILES string of the molecule is O=S(=O)(CC1COCCO1)NC1CCC(Oc2ccc3c(c2)OCO3)CC1. The topological polar surface area (TPSA) is 92.3 Å². The van der Waals surface area contributed by atoms with Gasteiger partial charge in [0.2, 0.25) is 16.8 Å². The lowest BCUT2D eigenvalue weighted by atomic mass is 9.94. The van der Waals surface area contributed by atoms with Crippen LogP contribution < -0.4 is 18.9 Å². The number of rotatable bonds is 6. The largest absolute Gasteiger partial charge is 0.490 e. The van der Waals surface area contributed by atoms with Gasteiger partial charge < -0.3 is 23.7 Å². The molecule has 2 heterocycles. The molecule has 2 fully saturated rings. The Hall–Kier alpha value is -1.55. The first kappa shape index (κ1) is 18.8. The molecule has 0 bridgehead atoms. The van der Waals surface area contributed by atoms with E-state index in [0.717, 1.165) is 37.2 Å². The Morgan fingerprint density at radius 3 is 2.67 bits per heavy atom. The number of ether oxygens (including phenoxy) is 5. The zero-order valence-corrected chi connectivity index (χ0v) is 15.9. The third-order valence-electron chi connectivity index (χ3n) is 4.96. The Morgan fingerprint density at radius 2 is 1.89 bits per heavy atom. The van der Waals surface area contributed by atoms with Crippen LogP contribution in [-0.4, -0.2) is 59.0 Å². The van der Waals surface area contributed by atoms with E-state index in [2.05, 4.69) is 4.72 Å². The maximum absolute atomic E-state index is 12.3. The van der Waals surface area contributed by atoms with Gasteiger partial charge in [0.15, 0.2) is 11.5 Å². The molecule has 150 valence electrons. The molecule has 4 rings (SSSR count). The van der Waals surface area contributed by atoms with Crippen LogP contribution in [0.15, 0.2) is 18.2 Å². The van der Waals surface area contributed by atoms with Crippen LogP contribution in [-0.2, 0) is 19.5 Å². The third-order valence-corrected chi connectivity index (χ3v) is 6.46. The number of fused-ring (bicyclic) bond motifs is 1. The molecule has 1 saturated carbocycles. The fraction of sp³-hybridized carbons (Fsp3) is 0.667. The summed E-state index contributed by atoms with van der Waals surface area (Å²) >= 11 is 0. The van der Waals surface area contributed by atoms with Crippen molar-refractivity contribution in [2.75, 3.05) is 32.4 Å². The zero-order chi connectivity index (χ0) is 18.7. The lowest BCUT2D eigenvalue weighted by molar-refractivity contribution is -0.0783. The molecule has 1 aromatic rings. The summed E-state index contributed by atoms with van der Waals surface area (Å²) in [5, 5.41) is 0. The normalized spacial score (nSPS) is 28.1. The van der Waals surface area contributed by atoms with Crippen molar-refractivity contribution in [3.8, 4) is 17.2 Å². The van der Waals surface area contributed by atoms with Gasteiger partial charge in [0.05, 0.1) is 37.8 Å². The average molecular weight is 399 g/mol. The van der Waals surface area contributed by atoms with Crippen LogP contribution >= 0.6 is 0 Å². The fourth-order valence-electron chi connectivity index (χ4n) is 3.62. The summed E-state index contributed by atoms with van der Waals surface area (Å²) in [5.74, 6) is 2.12. The molecule has 1 atom stereocenters. The van der Waals surface area contributed by atoms with Crippen LogP contribution in [0, 0.1) is 0 Å². The first-order valence-electron chi connectivity index (χ1n) is 9.33. The first-order valence-corrected chi connectivity index (χ1v) is 11.0. The van der Waals surface area contributed by atoms with Gasteiger partial charge in [0, 0.05) is 12.1 Å². The Labute approximate surface area is 159 Å². The van der Waals surface area contributed by atoms with Gasteiger partial charge in [0.25, 0.3) is 0 Å². The first-order chi connectivity index (χ1) is 13.1.